The Hall–Kier alpha value is -0.830. The third-order valence-corrected chi connectivity index (χ3v) is 13.3. The van der Waals surface area contributed by atoms with Gasteiger partial charge in [-0.05, 0) is 136 Å². The van der Waals surface area contributed by atoms with Gasteiger partial charge in [-0.1, -0.05) is 72.3 Å². The van der Waals surface area contributed by atoms with Crippen molar-refractivity contribution < 1.29 is 14.6 Å². The summed E-state index contributed by atoms with van der Waals surface area (Å²) in [4.78, 5) is 12.2. The fourth-order valence-corrected chi connectivity index (χ4v) is 10.9. The molecule has 0 radical (unpaired) electrons. The van der Waals surface area contributed by atoms with Crippen molar-refractivity contribution in [2.75, 3.05) is 6.61 Å². The van der Waals surface area contributed by atoms with Gasteiger partial charge in [-0.3, -0.25) is 4.79 Å². The van der Waals surface area contributed by atoms with Crippen molar-refractivity contribution in [2.45, 2.75) is 162 Å². The molecule has 4 rings (SSSR count). The summed E-state index contributed by atoms with van der Waals surface area (Å²) in [5, 5.41) is 10.4. The predicted molar refractivity (Wildman–Crippen MR) is 171 cm³/mol. The van der Waals surface area contributed by atoms with Gasteiger partial charge >= 0.3 is 5.97 Å². The maximum atomic E-state index is 12.2. The van der Waals surface area contributed by atoms with Crippen LogP contribution in [0.4, 0.5) is 0 Å². The zero-order valence-corrected chi connectivity index (χ0v) is 27.5. The molecule has 4 aliphatic rings. The van der Waals surface area contributed by atoms with Crippen LogP contribution in [0.5, 0.6) is 0 Å². The van der Waals surface area contributed by atoms with Crippen LogP contribution in [0, 0.1) is 52.3 Å². The van der Waals surface area contributed by atoms with Crippen LogP contribution in [0.1, 0.15) is 156 Å². The number of unbranched alkanes of at least 4 members (excludes halogenated alkanes) is 6. The number of ether oxygens (including phenoxy) is 1. The molecule has 0 heterocycles. The van der Waals surface area contributed by atoms with Crippen LogP contribution in [0.25, 0.3) is 0 Å². The Morgan fingerprint density at radius 2 is 1.59 bits per heavy atom. The van der Waals surface area contributed by atoms with E-state index in [9.17, 15) is 9.90 Å². The van der Waals surface area contributed by atoms with Crippen LogP contribution in [0.2, 0.25) is 0 Å². The van der Waals surface area contributed by atoms with E-state index < -0.39 is 0 Å². The molecular formula is C38H66O3. The van der Waals surface area contributed by atoms with E-state index in [1.807, 2.05) is 6.08 Å². The van der Waals surface area contributed by atoms with Crippen LogP contribution in [-0.4, -0.2) is 23.8 Å². The third kappa shape index (κ3) is 8.02. The Kier molecular flexibility index (Phi) is 12.3. The molecule has 4 saturated carbocycles. The van der Waals surface area contributed by atoms with Gasteiger partial charge in [0.25, 0.3) is 0 Å². The smallest absolute Gasteiger partial charge is 0.305 e. The molecule has 0 saturated heterocycles. The molecule has 41 heavy (non-hydrogen) atoms. The van der Waals surface area contributed by atoms with Crippen molar-refractivity contribution in [3.05, 3.63) is 12.7 Å². The Labute approximate surface area is 254 Å². The van der Waals surface area contributed by atoms with Gasteiger partial charge in [-0.15, -0.1) is 6.58 Å². The van der Waals surface area contributed by atoms with Crippen molar-refractivity contribution in [3.63, 3.8) is 0 Å². The molecule has 10 atom stereocenters. The second-order valence-corrected chi connectivity index (χ2v) is 16.0. The van der Waals surface area contributed by atoms with Gasteiger partial charge in [0.1, 0.15) is 0 Å². The second-order valence-electron chi connectivity index (χ2n) is 16.0. The quantitative estimate of drug-likeness (QED) is 0.114. The maximum absolute atomic E-state index is 12.2. The number of carbonyl (C=O) groups excluding carboxylic acids is 1. The molecule has 0 aromatic heterocycles. The van der Waals surface area contributed by atoms with E-state index in [-0.39, 0.29) is 12.1 Å². The molecule has 3 heteroatoms. The SMILES string of the molecule is C=CCCCCCCCCC(=O)OCC(C)CCC[C@@H](C)[C@H]1CC[C@H]2[C@@H]3CC[C@H]4C[C@@H](O)CC[C@]4(C)[C@H]3CC[C@]12C. The Morgan fingerprint density at radius 1 is 0.878 bits per heavy atom. The fourth-order valence-electron chi connectivity index (χ4n) is 10.9. The number of aliphatic hydroxyl groups is 1. The van der Waals surface area contributed by atoms with Crippen LogP contribution < -0.4 is 0 Å². The lowest BCUT2D eigenvalue weighted by Gasteiger charge is -2.61. The summed E-state index contributed by atoms with van der Waals surface area (Å²) >= 11 is 0. The van der Waals surface area contributed by atoms with Crippen LogP contribution in [-0.2, 0) is 9.53 Å². The molecule has 3 nitrogen and oxygen atoms in total. The lowest BCUT2D eigenvalue weighted by molar-refractivity contribution is -0.145. The van der Waals surface area contributed by atoms with Crippen LogP contribution >= 0.6 is 0 Å². The van der Waals surface area contributed by atoms with E-state index in [0.29, 0.717) is 29.8 Å². The first-order chi connectivity index (χ1) is 19.7. The first kappa shape index (κ1) is 33.1. The molecule has 0 amide bonds. The molecule has 0 spiro atoms. The molecule has 4 aliphatic carbocycles. The van der Waals surface area contributed by atoms with E-state index in [4.69, 9.17) is 4.74 Å². The number of esters is 1. The maximum Gasteiger partial charge on any atom is 0.305 e. The number of aliphatic hydroxyl groups excluding tert-OH is 1. The number of allylic oxidation sites excluding steroid dienone is 1. The van der Waals surface area contributed by atoms with Crippen molar-refractivity contribution >= 4 is 5.97 Å². The molecule has 0 bridgehead atoms. The van der Waals surface area contributed by atoms with Crippen LogP contribution in [0.15, 0.2) is 12.7 Å². The number of rotatable bonds is 16. The van der Waals surface area contributed by atoms with Gasteiger partial charge in [0.2, 0.25) is 0 Å². The lowest BCUT2D eigenvalue weighted by Crippen LogP contribution is -2.54. The van der Waals surface area contributed by atoms with E-state index in [2.05, 4.69) is 34.3 Å². The first-order valence-electron chi connectivity index (χ1n) is 18.1. The number of hydrogen-bond acceptors (Lipinski definition) is 3. The molecular weight excluding hydrogens is 504 g/mol. The van der Waals surface area contributed by atoms with E-state index in [0.717, 1.165) is 67.6 Å². The Balaban J connectivity index is 1.13. The summed E-state index contributed by atoms with van der Waals surface area (Å²) < 4.78 is 5.65. The highest BCUT2D eigenvalue weighted by molar-refractivity contribution is 5.69. The summed E-state index contributed by atoms with van der Waals surface area (Å²) in [5.74, 6) is 5.65. The van der Waals surface area contributed by atoms with Gasteiger partial charge < -0.3 is 9.84 Å². The summed E-state index contributed by atoms with van der Waals surface area (Å²) in [5.41, 5.74) is 1.02. The highest BCUT2D eigenvalue weighted by Crippen LogP contribution is 2.68. The largest absolute Gasteiger partial charge is 0.465 e. The standard InChI is InChI=1S/C38H66O3/c1-6-7-8-9-10-11-12-13-17-36(40)41-27-28(2)15-14-16-29(3)33-20-21-34-32-19-18-30-26-31(39)22-24-37(30,4)35(32)23-25-38(33,34)5/h6,28-35,39H,1,7-27H2,2-5H3/t28?,29-,30+,31+,32+,33-,34+,35+,37+,38-/m1/s1. The Morgan fingerprint density at radius 3 is 2.37 bits per heavy atom. The number of hydrogen-bond donors (Lipinski definition) is 1. The van der Waals surface area contributed by atoms with Gasteiger partial charge in [0.05, 0.1) is 12.7 Å². The second kappa shape index (κ2) is 15.3. The highest BCUT2D eigenvalue weighted by atomic mass is 16.5. The van der Waals surface area contributed by atoms with Gasteiger partial charge in [-0.2, -0.15) is 0 Å². The molecule has 0 aromatic rings. The summed E-state index contributed by atoms with van der Waals surface area (Å²) in [6, 6.07) is 0. The average molecular weight is 571 g/mol. The molecule has 4 fully saturated rings. The van der Waals surface area contributed by atoms with Crippen LogP contribution in [0.3, 0.4) is 0 Å². The highest BCUT2D eigenvalue weighted by Gasteiger charge is 2.60. The number of fused-ring (bicyclic) bond motifs is 5. The van der Waals surface area contributed by atoms with Gasteiger partial charge in [-0.25, -0.2) is 0 Å². The minimum absolute atomic E-state index is 0.00435. The lowest BCUT2D eigenvalue weighted by atomic mass is 9.44. The first-order valence-corrected chi connectivity index (χ1v) is 18.1. The fraction of sp³-hybridized carbons (Fsp3) is 0.921. The molecule has 236 valence electrons. The number of carbonyl (C=O) groups is 1. The monoisotopic (exact) mass is 571 g/mol. The van der Waals surface area contributed by atoms with Gasteiger partial charge in [0.15, 0.2) is 0 Å². The zero-order chi connectivity index (χ0) is 29.5. The van der Waals surface area contributed by atoms with Gasteiger partial charge in [0, 0.05) is 6.42 Å². The molecule has 1 N–H and O–H groups in total. The Bertz CT molecular complexity index is 822. The third-order valence-electron chi connectivity index (χ3n) is 13.3. The van der Waals surface area contributed by atoms with Crippen molar-refractivity contribution in [1.29, 1.82) is 0 Å². The van der Waals surface area contributed by atoms with Crippen molar-refractivity contribution in [2.24, 2.45) is 52.3 Å². The van der Waals surface area contributed by atoms with Crippen molar-refractivity contribution in [1.82, 2.24) is 0 Å². The van der Waals surface area contributed by atoms with E-state index >= 15 is 0 Å². The van der Waals surface area contributed by atoms with E-state index in [1.165, 1.54) is 89.9 Å². The van der Waals surface area contributed by atoms with Crippen molar-refractivity contribution in [3.8, 4) is 0 Å². The molecule has 0 aromatic carbocycles. The topological polar surface area (TPSA) is 46.5 Å². The zero-order valence-electron chi connectivity index (χ0n) is 27.5. The predicted octanol–water partition coefficient (Wildman–Crippen LogP) is 10.3. The normalized spacial score (nSPS) is 37.9. The summed E-state index contributed by atoms with van der Waals surface area (Å²) in [6.45, 7) is 14.5. The average Bonchev–Trinajstić information content (AvgIpc) is 3.31. The summed E-state index contributed by atoms with van der Waals surface area (Å²) in [6.07, 6.45) is 26.5. The minimum Gasteiger partial charge on any atom is -0.465 e. The molecule has 1 unspecified atom stereocenters. The molecule has 0 aliphatic heterocycles. The minimum atomic E-state index is -0.0394. The summed E-state index contributed by atoms with van der Waals surface area (Å²) in [7, 11) is 0. The van der Waals surface area contributed by atoms with E-state index in [1.54, 1.807) is 0 Å².